The Morgan fingerprint density at radius 2 is 1.04 bits per heavy atom. The molecule has 0 heterocycles. The van der Waals surface area contributed by atoms with Crippen LogP contribution in [0, 0.1) is 0 Å². The average molecular weight is 417 g/mol. The molecule has 0 saturated carbocycles. The van der Waals surface area contributed by atoms with E-state index in [1.807, 2.05) is 0 Å². The van der Waals surface area contributed by atoms with Crippen molar-refractivity contribution >= 4 is 17.7 Å². The quantitative estimate of drug-likeness (QED) is 0.168. The van der Waals surface area contributed by atoms with Gasteiger partial charge < -0.3 is 10.2 Å². The highest BCUT2D eigenvalue weighted by Gasteiger charge is 2.05. The van der Waals surface area contributed by atoms with Crippen LogP contribution in [0.5, 0.6) is 0 Å². The fraction of sp³-hybridized carbons (Fsp3) is 0.958. The smallest absolute Gasteiger partial charge is 0.313 e. The van der Waals surface area contributed by atoms with Crippen LogP contribution in [0.3, 0.4) is 0 Å². The number of rotatable bonds is 23. The summed E-state index contributed by atoms with van der Waals surface area (Å²) in [6, 6.07) is 0. The molecular formula is C24H48O3S. The summed E-state index contributed by atoms with van der Waals surface area (Å²) in [5, 5.41) is 18.3. The Bertz CT molecular complexity index is 323. The maximum Gasteiger partial charge on any atom is 0.313 e. The summed E-state index contributed by atoms with van der Waals surface area (Å²) in [4.78, 5) is 10.4. The van der Waals surface area contributed by atoms with Crippen molar-refractivity contribution < 1.29 is 15.0 Å². The van der Waals surface area contributed by atoms with Crippen LogP contribution in [-0.4, -0.2) is 33.8 Å². The average Bonchev–Trinajstić information content (AvgIpc) is 2.66. The Morgan fingerprint density at radius 3 is 1.39 bits per heavy atom. The Balaban J connectivity index is 3.09. The van der Waals surface area contributed by atoms with Crippen molar-refractivity contribution in [2.45, 2.75) is 135 Å². The van der Waals surface area contributed by atoms with E-state index in [4.69, 9.17) is 5.11 Å². The van der Waals surface area contributed by atoms with Crippen molar-refractivity contribution in [3.05, 3.63) is 0 Å². The zero-order chi connectivity index (χ0) is 20.7. The number of carbonyl (C=O) groups is 1. The van der Waals surface area contributed by atoms with Crippen molar-refractivity contribution in [2.75, 3.05) is 11.5 Å². The van der Waals surface area contributed by atoms with E-state index in [2.05, 4.69) is 6.92 Å². The Kier molecular flexibility index (Phi) is 22.9. The highest BCUT2D eigenvalue weighted by atomic mass is 32.2. The fourth-order valence-electron chi connectivity index (χ4n) is 3.65. The first-order valence-electron chi connectivity index (χ1n) is 12.1. The predicted molar refractivity (Wildman–Crippen MR) is 124 cm³/mol. The lowest BCUT2D eigenvalue weighted by atomic mass is 10.0. The molecule has 1 unspecified atom stereocenters. The number of aliphatic hydroxyl groups is 1. The lowest BCUT2D eigenvalue weighted by molar-refractivity contribution is -0.133. The molecule has 0 rings (SSSR count). The van der Waals surface area contributed by atoms with Crippen LogP contribution in [-0.2, 0) is 4.79 Å². The van der Waals surface area contributed by atoms with E-state index >= 15 is 0 Å². The van der Waals surface area contributed by atoms with Crippen LogP contribution in [0.1, 0.15) is 129 Å². The molecule has 0 amide bonds. The summed E-state index contributed by atoms with van der Waals surface area (Å²) in [6.45, 7) is 2.28. The summed E-state index contributed by atoms with van der Waals surface area (Å²) in [6.07, 6.45) is 25.1. The minimum atomic E-state index is -0.801. The Hall–Kier alpha value is -0.220. The monoisotopic (exact) mass is 416 g/mol. The minimum Gasteiger partial charge on any atom is -0.481 e. The number of hydrogen-bond acceptors (Lipinski definition) is 3. The van der Waals surface area contributed by atoms with Gasteiger partial charge in [0, 0.05) is 5.75 Å². The van der Waals surface area contributed by atoms with Crippen molar-refractivity contribution in [3.8, 4) is 0 Å². The van der Waals surface area contributed by atoms with Gasteiger partial charge in [-0.25, -0.2) is 0 Å². The molecule has 28 heavy (non-hydrogen) atoms. The molecule has 4 heteroatoms. The third-order valence-electron chi connectivity index (χ3n) is 5.43. The van der Waals surface area contributed by atoms with Crippen molar-refractivity contribution in [1.29, 1.82) is 0 Å². The highest BCUT2D eigenvalue weighted by molar-refractivity contribution is 7.99. The largest absolute Gasteiger partial charge is 0.481 e. The third kappa shape index (κ3) is 23.8. The summed E-state index contributed by atoms with van der Waals surface area (Å²) >= 11 is 1.31. The zero-order valence-electron chi connectivity index (χ0n) is 18.6. The lowest BCUT2D eigenvalue weighted by Gasteiger charge is -2.09. The van der Waals surface area contributed by atoms with Crippen LogP contribution in [0.2, 0.25) is 0 Å². The van der Waals surface area contributed by atoms with Crippen LogP contribution in [0.4, 0.5) is 0 Å². The van der Waals surface area contributed by atoms with Gasteiger partial charge in [0.1, 0.15) is 0 Å². The maximum atomic E-state index is 10.4. The summed E-state index contributed by atoms with van der Waals surface area (Å²) in [5.74, 6) is -0.160. The summed E-state index contributed by atoms with van der Waals surface area (Å²) in [5.41, 5.74) is 0. The number of aliphatic carboxylic acids is 1. The molecule has 0 radical (unpaired) electrons. The van der Waals surface area contributed by atoms with E-state index in [0.29, 0.717) is 5.75 Å². The second kappa shape index (κ2) is 23.1. The molecule has 3 nitrogen and oxygen atoms in total. The van der Waals surface area contributed by atoms with Crippen molar-refractivity contribution in [1.82, 2.24) is 0 Å². The molecule has 0 aliphatic heterocycles. The van der Waals surface area contributed by atoms with Gasteiger partial charge in [0.15, 0.2) is 0 Å². The van der Waals surface area contributed by atoms with Crippen molar-refractivity contribution in [3.63, 3.8) is 0 Å². The van der Waals surface area contributed by atoms with Gasteiger partial charge >= 0.3 is 5.97 Å². The first kappa shape index (κ1) is 27.8. The van der Waals surface area contributed by atoms with E-state index in [1.54, 1.807) is 0 Å². The van der Waals surface area contributed by atoms with Crippen LogP contribution in [0.15, 0.2) is 0 Å². The number of unbranched alkanes of at least 4 members (excludes halogenated alkanes) is 17. The third-order valence-corrected chi connectivity index (χ3v) is 6.50. The number of carboxylic acids is 1. The first-order valence-corrected chi connectivity index (χ1v) is 13.3. The molecule has 2 N–H and O–H groups in total. The van der Waals surface area contributed by atoms with Crippen LogP contribution >= 0.6 is 11.8 Å². The van der Waals surface area contributed by atoms with Crippen LogP contribution in [0.25, 0.3) is 0 Å². The number of carboxylic acid groups (broad SMARTS) is 1. The van der Waals surface area contributed by atoms with Crippen molar-refractivity contribution in [2.24, 2.45) is 0 Å². The molecule has 0 spiro atoms. The SMILES string of the molecule is CCCCCCCCCCCCCCCCCCCCC(O)CSCC(=O)O. The normalized spacial score (nSPS) is 12.4. The summed E-state index contributed by atoms with van der Waals surface area (Å²) in [7, 11) is 0. The molecule has 0 aliphatic rings. The second-order valence-corrected chi connectivity index (χ2v) is 9.39. The summed E-state index contributed by atoms with van der Waals surface area (Å²) < 4.78 is 0. The van der Waals surface area contributed by atoms with E-state index in [1.165, 1.54) is 121 Å². The number of thioether (sulfide) groups is 1. The number of aliphatic hydroxyl groups excluding tert-OH is 1. The van der Waals surface area contributed by atoms with E-state index in [-0.39, 0.29) is 11.9 Å². The Morgan fingerprint density at radius 1 is 0.679 bits per heavy atom. The van der Waals surface area contributed by atoms with Gasteiger partial charge in [-0.05, 0) is 6.42 Å². The van der Waals surface area contributed by atoms with Gasteiger partial charge in [-0.15, -0.1) is 11.8 Å². The van der Waals surface area contributed by atoms with Gasteiger partial charge in [-0.3, -0.25) is 4.79 Å². The topological polar surface area (TPSA) is 57.5 Å². The van der Waals surface area contributed by atoms with E-state index in [9.17, 15) is 9.90 Å². The highest BCUT2D eigenvalue weighted by Crippen LogP contribution is 2.15. The minimum absolute atomic E-state index is 0.0934. The molecule has 0 aromatic heterocycles. The van der Waals surface area contributed by atoms with Gasteiger partial charge in [0.05, 0.1) is 11.9 Å². The standard InChI is InChI=1S/C24H48O3S/c1-2-3-4-5-6-7-8-9-10-11-12-13-14-15-16-17-18-19-20-23(25)21-28-22-24(26)27/h23,25H,2-22H2,1H3,(H,26,27). The first-order chi connectivity index (χ1) is 13.7. The molecule has 0 fully saturated rings. The zero-order valence-corrected chi connectivity index (χ0v) is 19.5. The van der Waals surface area contributed by atoms with Gasteiger partial charge in [-0.1, -0.05) is 122 Å². The lowest BCUT2D eigenvalue weighted by Crippen LogP contribution is -2.11. The second-order valence-electron chi connectivity index (χ2n) is 8.36. The molecule has 0 aromatic rings. The predicted octanol–water partition coefficient (Wildman–Crippen LogP) is 7.60. The molecule has 168 valence electrons. The molecule has 0 saturated heterocycles. The molecule has 0 aromatic carbocycles. The Labute approximate surface area is 179 Å². The molecular weight excluding hydrogens is 368 g/mol. The number of hydrogen-bond donors (Lipinski definition) is 2. The van der Waals surface area contributed by atoms with Crippen LogP contribution < -0.4 is 0 Å². The maximum absolute atomic E-state index is 10.4. The van der Waals surface area contributed by atoms with Gasteiger partial charge in [-0.2, -0.15) is 0 Å². The van der Waals surface area contributed by atoms with E-state index < -0.39 is 5.97 Å². The van der Waals surface area contributed by atoms with Gasteiger partial charge in [0.25, 0.3) is 0 Å². The van der Waals surface area contributed by atoms with E-state index in [0.717, 1.165) is 12.8 Å². The molecule has 0 bridgehead atoms. The fourth-order valence-corrected chi connectivity index (χ4v) is 4.38. The molecule has 1 atom stereocenters. The van der Waals surface area contributed by atoms with Gasteiger partial charge in [0.2, 0.25) is 0 Å². The molecule has 0 aliphatic carbocycles.